The highest BCUT2D eigenvalue weighted by Crippen LogP contribution is 2.25. The van der Waals surface area contributed by atoms with E-state index in [9.17, 15) is 13.2 Å². The molecule has 0 saturated carbocycles. The molecule has 1 aliphatic rings. The number of amides is 1. The Morgan fingerprint density at radius 3 is 2.37 bits per heavy atom. The Labute approximate surface area is 177 Å². The minimum atomic E-state index is -3.09. The van der Waals surface area contributed by atoms with E-state index >= 15 is 0 Å². The zero-order valence-electron chi connectivity index (χ0n) is 16.9. The predicted octanol–water partition coefficient (Wildman–Crippen LogP) is 3.58. The van der Waals surface area contributed by atoms with Gasteiger partial charge in [-0.05, 0) is 31.0 Å². The van der Waals surface area contributed by atoms with Gasteiger partial charge in [-0.1, -0.05) is 55.5 Å². The van der Waals surface area contributed by atoms with Crippen LogP contribution in [0.5, 0.6) is 0 Å². The fraction of sp³-hybridized carbons (Fsp3) is 0.304. The summed E-state index contributed by atoms with van der Waals surface area (Å²) in [6.45, 7) is 2.51. The molecule has 0 aliphatic carbocycles. The lowest BCUT2D eigenvalue weighted by molar-refractivity contribution is 0.0687. The molecule has 1 fully saturated rings. The number of rotatable bonds is 6. The maximum Gasteiger partial charge on any atom is 0.272 e. The second-order valence-corrected chi connectivity index (χ2v) is 9.81. The molecule has 30 heavy (non-hydrogen) atoms. The standard InChI is InChI=1S/C23H25N3O3S/c1-2-14-25(20-13-15-30(28,29)17-20)23(27)22-16-21(18-9-5-3-6-10-18)24-26(22)19-11-7-4-8-12-19/h3-12,16,20H,2,13-15,17H2,1H3. The van der Waals surface area contributed by atoms with E-state index in [-0.39, 0.29) is 23.5 Å². The summed E-state index contributed by atoms with van der Waals surface area (Å²) in [5.41, 5.74) is 2.86. The lowest BCUT2D eigenvalue weighted by atomic mass is 10.1. The lowest BCUT2D eigenvalue weighted by Gasteiger charge is -2.28. The second-order valence-electron chi connectivity index (χ2n) is 7.58. The Morgan fingerprint density at radius 2 is 1.77 bits per heavy atom. The summed E-state index contributed by atoms with van der Waals surface area (Å²) in [4.78, 5) is 15.4. The molecule has 156 valence electrons. The zero-order chi connectivity index (χ0) is 21.1. The van der Waals surface area contributed by atoms with Gasteiger partial charge in [-0.25, -0.2) is 13.1 Å². The zero-order valence-corrected chi connectivity index (χ0v) is 17.8. The summed E-state index contributed by atoms with van der Waals surface area (Å²) >= 11 is 0. The molecule has 1 amide bonds. The number of para-hydroxylation sites is 1. The SMILES string of the molecule is CCCN(C(=O)c1cc(-c2ccccc2)nn1-c1ccccc1)C1CCS(=O)(=O)C1. The number of carbonyl (C=O) groups excluding carboxylic acids is 1. The highest BCUT2D eigenvalue weighted by atomic mass is 32.2. The van der Waals surface area contributed by atoms with Gasteiger partial charge in [-0.2, -0.15) is 5.10 Å². The summed E-state index contributed by atoms with van der Waals surface area (Å²) < 4.78 is 25.7. The minimum Gasteiger partial charge on any atom is -0.333 e. The van der Waals surface area contributed by atoms with E-state index in [1.54, 1.807) is 15.6 Å². The van der Waals surface area contributed by atoms with Crippen LogP contribution in [0.25, 0.3) is 16.9 Å². The average molecular weight is 424 g/mol. The molecule has 1 atom stereocenters. The largest absolute Gasteiger partial charge is 0.333 e. The van der Waals surface area contributed by atoms with Gasteiger partial charge in [0.2, 0.25) is 0 Å². The molecule has 0 spiro atoms. The average Bonchev–Trinajstić information content (AvgIpc) is 3.36. The number of carbonyl (C=O) groups is 1. The van der Waals surface area contributed by atoms with Crippen molar-refractivity contribution < 1.29 is 13.2 Å². The Kier molecular flexibility index (Phi) is 5.72. The first-order valence-corrected chi connectivity index (χ1v) is 12.0. The fourth-order valence-electron chi connectivity index (χ4n) is 3.91. The maximum absolute atomic E-state index is 13.6. The van der Waals surface area contributed by atoms with Gasteiger partial charge in [-0.15, -0.1) is 0 Å². The first-order chi connectivity index (χ1) is 14.5. The van der Waals surface area contributed by atoms with Crippen molar-refractivity contribution in [1.29, 1.82) is 0 Å². The van der Waals surface area contributed by atoms with Gasteiger partial charge in [-0.3, -0.25) is 4.79 Å². The van der Waals surface area contributed by atoms with Gasteiger partial charge < -0.3 is 4.90 Å². The van der Waals surface area contributed by atoms with Gasteiger partial charge in [0.05, 0.1) is 22.9 Å². The molecule has 3 aromatic rings. The van der Waals surface area contributed by atoms with Gasteiger partial charge in [0.25, 0.3) is 5.91 Å². The second kappa shape index (κ2) is 8.44. The summed E-state index contributed by atoms with van der Waals surface area (Å²) in [7, 11) is -3.09. The molecule has 1 aromatic heterocycles. The summed E-state index contributed by atoms with van der Waals surface area (Å²) in [6.07, 6.45) is 1.24. The van der Waals surface area contributed by atoms with Crippen LogP contribution in [-0.4, -0.2) is 53.1 Å². The predicted molar refractivity (Wildman–Crippen MR) is 117 cm³/mol. The molecular formula is C23H25N3O3S. The van der Waals surface area contributed by atoms with E-state index in [2.05, 4.69) is 0 Å². The van der Waals surface area contributed by atoms with Gasteiger partial charge in [0.15, 0.2) is 9.84 Å². The molecule has 4 rings (SSSR count). The monoisotopic (exact) mass is 423 g/mol. The van der Waals surface area contributed by atoms with Crippen LogP contribution in [0, 0.1) is 0 Å². The van der Waals surface area contributed by atoms with Gasteiger partial charge in [0.1, 0.15) is 5.69 Å². The molecule has 1 saturated heterocycles. The van der Waals surface area contributed by atoms with Gasteiger partial charge >= 0.3 is 0 Å². The number of hydrogen-bond donors (Lipinski definition) is 0. The summed E-state index contributed by atoms with van der Waals surface area (Å²) in [5, 5.41) is 4.72. The van der Waals surface area contributed by atoms with Crippen LogP contribution in [0.15, 0.2) is 66.7 Å². The van der Waals surface area contributed by atoms with Crippen LogP contribution in [0.3, 0.4) is 0 Å². The van der Waals surface area contributed by atoms with E-state index in [1.165, 1.54) is 0 Å². The van der Waals surface area contributed by atoms with Crippen LogP contribution >= 0.6 is 0 Å². The molecule has 0 N–H and O–H groups in total. The molecule has 0 bridgehead atoms. The first kappa shape index (κ1) is 20.3. The van der Waals surface area contributed by atoms with Crippen LogP contribution in [0.2, 0.25) is 0 Å². The summed E-state index contributed by atoms with van der Waals surface area (Å²) in [6, 6.07) is 20.8. The van der Waals surface area contributed by atoms with Crippen LogP contribution < -0.4 is 0 Å². The van der Waals surface area contributed by atoms with Crippen molar-refractivity contribution in [1.82, 2.24) is 14.7 Å². The molecule has 2 aromatic carbocycles. The van der Waals surface area contributed by atoms with E-state index in [4.69, 9.17) is 5.10 Å². The van der Waals surface area contributed by atoms with Crippen LogP contribution in [0.1, 0.15) is 30.3 Å². The highest BCUT2D eigenvalue weighted by Gasteiger charge is 2.35. The van der Waals surface area contributed by atoms with Crippen LogP contribution in [-0.2, 0) is 9.84 Å². The summed E-state index contributed by atoms with van der Waals surface area (Å²) in [5.74, 6) is -0.0141. The van der Waals surface area contributed by atoms with E-state index in [0.717, 1.165) is 17.7 Å². The smallest absolute Gasteiger partial charge is 0.272 e. The Morgan fingerprint density at radius 1 is 1.10 bits per heavy atom. The molecule has 0 radical (unpaired) electrons. The van der Waals surface area contributed by atoms with Crippen LogP contribution in [0.4, 0.5) is 0 Å². The van der Waals surface area contributed by atoms with Crippen molar-refractivity contribution >= 4 is 15.7 Å². The first-order valence-electron chi connectivity index (χ1n) is 10.2. The third-order valence-corrected chi connectivity index (χ3v) is 7.12. The number of sulfone groups is 1. The molecule has 7 heteroatoms. The van der Waals surface area contributed by atoms with Crippen molar-refractivity contribution in [2.75, 3.05) is 18.1 Å². The quantitative estimate of drug-likeness (QED) is 0.608. The Bertz CT molecular complexity index is 1130. The third kappa shape index (κ3) is 4.16. The maximum atomic E-state index is 13.6. The molecular weight excluding hydrogens is 398 g/mol. The number of benzene rings is 2. The Hall–Kier alpha value is -2.93. The minimum absolute atomic E-state index is 0.0315. The fourth-order valence-corrected chi connectivity index (χ4v) is 5.64. The number of hydrogen-bond acceptors (Lipinski definition) is 4. The molecule has 1 aliphatic heterocycles. The highest BCUT2D eigenvalue weighted by molar-refractivity contribution is 7.91. The van der Waals surface area contributed by atoms with Crippen molar-refractivity contribution in [3.8, 4) is 16.9 Å². The topological polar surface area (TPSA) is 72.3 Å². The normalized spacial score (nSPS) is 17.7. The van der Waals surface area contributed by atoms with E-state index < -0.39 is 9.84 Å². The van der Waals surface area contributed by atoms with Gasteiger partial charge in [0, 0.05) is 18.2 Å². The lowest BCUT2D eigenvalue weighted by Crippen LogP contribution is -2.42. The number of nitrogens with zero attached hydrogens (tertiary/aromatic N) is 3. The van der Waals surface area contributed by atoms with E-state index in [0.29, 0.717) is 24.4 Å². The molecule has 2 heterocycles. The van der Waals surface area contributed by atoms with Crippen molar-refractivity contribution in [2.45, 2.75) is 25.8 Å². The Balaban J connectivity index is 1.77. The van der Waals surface area contributed by atoms with Crippen molar-refractivity contribution in [3.63, 3.8) is 0 Å². The third-order valence-electron chi connectivity index (χ3n) is 5.37. The van der Waals surface area contributed by atoms with Crippen molar-refractivity contribution in [2.24, 2.45) is 0 Å². The molecule has 6 nitrogen and oxygen atoms in total. The van der Waals surface area contributed by atoms with Crippen molar-refractivity contribution in [3.05, 3.63) is 72.4 Å². The molecule has 1 unspecified atom stereocenters. The van der Waals surface area contributed by atoms with E-state index in [1.807, 2.05) is 67.6 Å². The number of aromatic nitrogens is 2.